The molecule has 5 heteroatoms. The van der Waals surface area contributed by atoms with Crippen molar-refractivity contribution in [2.45, 2.75) is 31.9 Å². The normalized spacial score (nSPS) is 12.7. The Morgan fingerprint density at radius 1 is 1.25 bits per heavy atom. The molecule has 1 heterocycles. The SMILES string of the molecule is CC(C)(C)S(=O)(=O)NCCc1ccncc1. The Morgan fingerprint density at radius 3 is 2.31 bits per heavy atom. The van der Waals surface area contributed by atoms with Gasteiger partial charge in [-0.05, 0) is 44.9 Å². The fourth-order valence-corrected chi connectivity index (χ4v) is 1.90. The zero-order valence-corrected chi connectivity index (χ0v) is 10.7. The minimum atomic E-state index is -3.23. The predicted octanol–water partition coefficient (Wildman–Crippen LogP) is 1.34. The number of pyridine rings is 1. The molecule has 0 aliphatic heterocycles. The molecule has 0 saturated heterocycles. The Labute approximate surface area is 97.2 Å². The molecule has 1 aromatic heterocycles. The third-order valence-electron chi connectivity index (χ3n) is 2.26. The maximum Gasteiger partial charge on any atom is 0.216 e. The number of sulfonamides is 1. The van der Waals surface area contributed by atoms with Gasteiger partial charge in [0.2, 0.25) is 10.0 Å². The second kappa shape index (κ2) is 4.93. The molecule has 0 radical (unpaired) electrons. The summed E-state index contributed by atoms with van der Waals surface area (Å²) in [6.45, 7) is 5.47. The first-order valence-corrected chi connectivity index (χ1v) is 6.69. The van der Waals surface area contributed by atoms with E-state index in [2.05, 4.69) is 9.71 Å². The molecular formula is C11H18N2O2S. The van der Waals surface area contributed by atoms with Gasteiger partial charge < -0.3 is 0 Å². The summed E-state index contributed by atoms with van der Waals surface area (Å²) >= 11 is 0. The van der Waals surface area contributed by atoms with E-state index in [0.29, 0.717) is 13.0 Å². The summed E-state index contributed by atoms with van der Waals surface area (Å²) in [4.78, 5) is 3.90. The fourth-order valence-electron chi connectivity index (χ4n) is 1.10. The van der Waals surface area contributed by atoms with Crippen molar-refractivity contribution in [2.24, 2.45) is 0 Å². The highest BCUT2D eigenvalue weighted by atomic mass is 32.2. The Bertz CT molecular complexity index is 421. The van der Waals surface area contributed by atoms with E-state index in [0.717, 1.165) is 5.56 Å². The van der Waals surface area contributed by atoms with Crippen molar-refractivity contribution in [2.75, 3.05) is 6.54 Å². The van der Waals surface area contributed by atoms with Crippen LogP contribution in [0.5, 0.6) is 0 Å². The maximum absolute atomic E-state index is 11.7. The average molecular weight is 242 g/mol. The number of nitrogens with one attached hydrogen (secondary N) is 1. The minimum absolute atomic E-state index is 0.420. The van der Waals surface area contributed by atoms with Gasteiger partial charge in [-0.1, -0.05) is 0 Å². The van der Waals surface area contributed by atoms with E-state index < -0.39 is 14.8 Å². The van der Waals surface area contributed by atoms with Crippen LogP contribution in [0, 0.1) is 0 Å². The largest absolute Gasteiger partial charge is 0.265 e. The first-order valence-electron chi connectivity index (χ1n) is 5.21. The van der Waals surface area contributed by atoms with E-state index in [1.165, 1.54) is 0 Å². The molecule has 0 unspecified atom stereocenters. The van der Waals surface area contributed by atoms with Crippen LogP contribution in [-0.4, -0.2) is 24.7 Å². The van der Waals surface area contributed by atoms with E-state index >= 15 is 0 Å². The minimum Gasteiger partial charge on any atom is -0.265 e. The molecule has 0 aromatic carbocycles. The Kier molecular flexibility index (Phi) is 4.04. The molecule has 0 atom stereocenters. The van der Waals surface area contributed by atoms with Crippen molar-refractivity contribution in [3.05, 3.63) is 30.1 Å². The standard InChI is InChI=1S/C11H18N2O2S/c1-11(2,3)16(14,15)13-9-6-10-4-7-12-8-5-10/h4-5,7-8,13H,6,9H2,1-3H3. The van der Waals surface area contributed by atoms with Gasteiger partial charge in [0.05, 0.1) is 4.75 Å². The lowest BCUT2D eigenvalue weighted by atomic mass is 10.2. The highest BCUT2D eigenvalue weighted by Crippen LogP contribution is 2.12. The van der Waals surface area contributed by atoms with Gasteiger partial charge in [-0.25, -0.2) is 13.1 Å². The van der Waals surface area contributed by atoms with E-state index in [9.17, 15) is 8.42 Å². The average Bonchev–Trinajstić information content (AvgIpc) is 2.17. The smallest absolute Gasteiger partial charge is 0.216 e. The van der Waals surface area contributed by atoms with Gasteiger partial charge in [0, 0.05) is 18.9 Å². The molecular weight excluding hydrogens is 224 g/mol. The van der Waals surface area contributed by atoms with E-state index in [-0.39, 0.29) is 0 Å². The van der Waals surface area contributed by atoms with Gasteiger partial charge in [0.1, 0.15) is 0 Å². The Balaban J connectivity index is 2.49. The molecule has 16 heavy (non-hydrogen) atoms. The summed E-state index contributed by atoms with van der Waals surface area (Å²) in [5, 5.41) is 0. The number of hydrogen-bond acceptors (Lipinski definition) is 3. The van der Waals surface area contributed by atoms with Crippen LogP contribution in [0.4, 0.5) is 0 Å². The second-order valence-electron chi connectivity index (χ2n) is 4.62. The Hall–Kier alpha value is -0.940. The van der Waals surface area contributed by atoms with Crippen molar-refractivity contribution in [1.29, 1.82) is 0 Å². The number of rotatable bonds is 4. The van der Waals surface area contributed by atoms with E-state index in [4.69, 9.17) is 0 Å². The van der Waals surface area contributed by atoms with Crippen LogP contribution in [0.1, 0.15) is 26.3 Å². The van der Waals surface area contributed by atoms with Gasteiger partial charge in [0.25, 0.3) is 0 Å². The summed E-state index contributed by atoms with van der Waals surface area (Å²) in [5.74, 6) is 0. The molecule has 1 aromatic rings. The lowest BCUT2D eigenvalue weighted by Gasteiger charge is -2.19. The highest BCUT2D eigenvalue weighted by Gasteiger charge is 2.27. The van der Waals surface area contributed by atoms with Crippen molar-refractivity contribution in [3.8, 4) is 0 Å². The van der Waals surface area contributed by atoms with Crippen LogP contribution in [0.15, 0.2) is 24.5 Å². The van der Waals surface area contributed by atoms with Crippen LogP contribution in [0.2, 0.25) is 0 Å². The number of nitrogens with zero attached hydrogens (tertiary/aromatic N) is 1. The number of hydrogen-bond donors (Lipinski definition) is 1. The summed E-state index contributed by atoms with van der Waals surface area (Å²) < 4.78 is 25.3. The molecule has 1 rings (SSSR count). The molecule has 0 saturated carbocycles. The lowest BCUT2D eigenvalue weighted by Crippen LogP contribution is -2.40. The summed E-state index contributed by atoms with van der Waals surface area (Å²) in [5.41, 5.74) is 1.08. The van der Waals surface area contributed by atoms with Gasteiger partial charge in [-0.2, -0.15) is 0 Å². The molecule has 0 fully saturated rings. The van der Waals surface area contributed by atoms with Crippen molar-refractivity contribution in [1.82, 2.24) is 9.71 Å². The van der Waals surface area contributed by atoms with Crippen molar-refractivity contribution < 1.29 is 8.42 Å². The van der Waals surface area contributed by atoms with Gasteiger partial charge in [0.15, 0.2) is 0 Å². The van der Waals surface area contributed by atoms with Crippen LogP contribution in [-0.2, 0) is 16.4 Å². The molecule has 0 bridgehead atoms. The lowest BCUT2D eigenvalue weighted by molar-refractivity contribution is 0.545. The zero-order chi connectivity index (χ0) is 12.2. The van der Waals surface area contributed by atoms with Crippen LogP contribution in [0.25, 0.3) is 0 Å². The van der Waals surface area contributed by atoms with E-state index in [1.54, 1.807) is 33.2 Å². The molecule has 0 aliphatic rings. The molecule has 0 amide bonds. The quantitative estimate of drug-likeness (QED) is 0.867. The number of aromatic nitrogens is 1. The molecule has 0 spiro atoms. The fraction of sp³-hybridized carbons (Fsp3) is 0.545. The first-order chi connectivity index (χ1) is 7.33. The third kappa shape index (κ3) is 3.57. The molecule has 1 N–H and O–H groups in total. The first kappa shape index (κ1) is 13.1. The molecule has 90 valence electrons. The third-order valence-corrected chi connectivity index (χ3v) is 4.46. The Morgan fingerprint density at radius 2 is 1.81 bits per heavy atom. The van der Waals surface area contributed by atoms with Crippen LogP contribution < -0.4 is 4.72 Å². The summed E-state index contributed by atoms with van der Waals surface area (Å²) in [6.07, 6.45) is 4.08. The predicted molar refractivity (Wildman–Crippen MR) is 64.6 cm³/mol. The second-order valence-corrected chi connectivity index (χ2v) is 7.14. The topological polar surface area (TPSA) is 59.1 Å². The highest BCUT2D eigenvalue weighted by molar-refractivity contribution is 7.90. The van der Waals surface area contributed by atoms with Gasteiger partial charge in [-0.15, -0.1) is 0 Å². The van der Waals surface area contributed by atoms with E-state index in [1.807, 2.05) is 12.1 Å². The summed E-state index contributed by atoms with van der Waals surface area (Å²) in [7, 11) is -3.23. The van der Waals surface area contributed by atoms with Crippen LogP contribution >= 0.6 is 0 Å². The molecule has 0 aliphatic carbocycles. The molecule has 4 nitrogen and oxygen atoms in total. The van der Waals surface area contributed by atoms with Crippen LogP contribution in [0.3, 0.4) is 0 Å². The maximum atomic E-state index is 11.7. The monoisotopic (exact) mass is 242 g/mol. The van der Waals surface area contributed by atoms with Crippen molar-refractivity contribution in [3.63, 3.8) is 0 Å². The van der Waals surface area contributed by atoms with Gasteiger partial charge >= 0.3 is 0 Å². The summed E-state index contributed by atoms with van der Waals surface area (Å²) in [6, 6.07) is 3.76. The van der Waals surface area contributed by atoms with Gasteiger partial charge in [-0.3, -0.25) is 4.98 Å². The van der Waals surface area contributed by atoms with Crippen molar-refractivity contribution >= 4 is 10.0 Å². The zero-order valence-electron chi connectivity index (χ0n) is 9.90.